The van der Waals surface area contributed by atoms with E-state index in [9.17, 15) is 4.79 Å². The molecule has 0 aliphatic carbocycles. The number of benzene rings is 2. The van der Waals surface area contributed by atoms with Crippen LogP contribution in [0.2, 0.25) is 5.22 Å². The van der Waals surface area contributed by atoms with Crippen molar-refractivity contribution in [1.29, 1.82) is 0 Å². The molecule has 0 saturated carbocycles. The fourth-order valence-corrected chi connectivity index (χ4v) is 3.22. The van der Waals surface area contributed by atoms with Crippen molar-refractivity contribution in [2.24, 2.45) is 0 Å². The van der Waals surface area contributed by atoms with Gasteiger partial charge in [0.15, 0.2) is 0 Å². The normalized spacial score (nSPS) is 11.6. The van der Waals surface area contributed by atoms with Gasteiger partial charge in [-0.2, -0.15) is 0 Å². The van der Waals surface area contributed by atoms with Gasteiger partial charge in [-0.25, -0.2) is 4.79 Å². The van der Waals surface area contributed by atoms with Gasteiger partial charge in [0.1, 0.15) is 11.4 Å². The van der Waals surface area contributed by atoms with E-state index in [-0.39, 0.29) is 0 Å². The number of rotatable bonds is 3. The SMILES string of the molecule is CC(C)(C)OC(=O)Nc1ccccc1-c1oc(Cl)c2cc(CBr)ccc12. The van der Waals surface area contributed by atoms with Crippen molar-refractivity contribution in [2.75, 3.05) is 5.32 Å². The van der Waals surface area contributed by atoms with E-state index in [0.29, 0.717) is 16.7 Å². The third kappa shape index (κ3) is 4.05. The number of alkyl halides is 1. The molecule has 0 atom stereocenters. The van der Waals surface area contributed by atoms with Crippen LogP contribution in [0.5, 0.6) is 0 Å². The summed E-state index contributed by atoms with van der Waals surface area (Å²) in [5.41, 5.74) is 1.86. The maximum Gasteiger partial charge on any atom is 0.412 e. The highest BCUT2D eigenvalue weighted by molar-refractivity contribution is 9.08. The molecule has 1 N–H and O–H groups in total. The second-order valence-electron chi connectivity index (χ2n) is 6.89. The number of halogens is 2. The van der Waals surface area contributed by atoms with Gasteiger partial charge in [-0.15, -0.1) is 0 Å². The molecule has 1 amide bonds. The average Bonchev–Trinajstić information content (AvgIpc) is 2.90. The number of carbonyl (C=O) groups is 1. The predicted octanol–water partition coefficient (Wildman–Crippen LogP) is 7.00. The summed E-state index contributed by atoms with van der Waals surface area (Å²) in [5, 5.41) is 5.57. The molecule has 0 saturated heterocycles. The molecule has 6 heteroatoms. The van der Waals surface area contributed by atoms with Crippen molar-refractivity contribution in [3.63, 3.8) is 0 Å². The first kappa shape index (κ1) is 18.8. The molecule has 2 aromatic carbocycles. The number of furan rings is 1. The maximum absolute atomic E-state index is 12.2. The molecular formula is C20H19BrClNO3. The number of hydrogen-bond donors (Lipinski definition) is 1. The Labute approximate surface area is 165 Å². The maximum atomic E-state index is 12.2. The first-order chi connectivity index (χ1) is 12.3. The molecule has 26 heavy (non-hydrogen) atoms. The van der Waals surface area contributed by atoms with Gasteiger partial charge < -0.3 is 9.15 Å². The number of para-hydroxylation sites is 1. The Kier molecular flexibility index (Phi) is 5.30. The summed E-state index contributed by atoms with van der Waals surface area (Å²) in [6.07, 6.45) is -0.520. The van der Waals surface area contributed by atoms with Gasteiger partial charge in [-0.05, 0) is 56.1 Å². The molecule has 1 aromatic heterocycles. The number of ether oxygens (including phenoxy) is 1. The molecule has 136 valence electrons. The van der Waals surface area contributed by atoms with Crippen LogP contribution in [0, 0.1) is 0 Å². The van der Waals surface area contributed by atoms with Crippen molar-refractivity contribution >= 4 is 50.1 Å². The molecule has 0 unspecified atom stereocenters. The van der Waals surface area contributed by atoms with Crippen LogP contribution in [0.4, 0.5) is 10.5 Å². The van der Waals surface area contributed by atoms with E-state index in [1.165, 1.54) is 0 Å². The Morgan fingerprint density at radius 1 is 1.19 bits per heavy atom. The largest absolute Gasteiger partial charge is 0.444 e. The summed E-state index contributed by atoms with van der Waals surface area (Å²) in [6, 6.07) is 13.4. The number of amides is 1. The molecular weight excluding hydrogens is 418 g/mol. The standard InChI is InChI=1S/C20H19BrClNO3/c1-20(2,3)26-19(24)23-16-7-5-4-6-14(16)17-13-9-8-12(11-21)10-15(13)18(22)25-17/h4-10H,11H2,1-3H3,(H,23,24). The molecule has 0 aliphatic rings. The number of carbonyl (C=O) groups excluding carboxylic acids is 1. The minimum atomic E-state index is -0.578. The van der Waals surface area contributed by atoms with Gasteiger partial charge in [0.05, 0.1) is 5.69 Å². The molecule has 0 bridgehead atoms. The summed E-state index contributed by atoms with van der Waals surface area (Å²) in [5.74, 6) is 0.609. The smallest absolute Gasteiger partial charge is 0.412 e. The summed E-state index contributed by atoms with van der Waals surface area (Å²) in [7, 11) is 0. The summed E-state index contributed by atoms with van der Waals surface area (Å²) in [6.45, 7) is 5.46. The molecule has 0 fully saturated rings. The summed E-state index contributed by atoms with van der Waals surface area (Å²) >= 11 is 9.75. The van der Waals surface area contributed by atoms with Gasteiger partial charge in [0, 0.05) is 21.7 Å². The summed E-state index contributed by atoms with van der Waals surface area (Å²) < 4.78 is 11.2. The number of hydrogen-bond acceptors (Lipinski definition) is 3. The van der Waals surface area contributed by atoms with Crippen molar-refractivity contribution in [3.8, 4) is 11.3 Å². The van der Waals surface area contributed by atoms with Crippen LogP contribution < -0.4 is 5.32 Å². The van der Waals surface area contributed by atoms with E-state index in [1.54, 1.807) is 6.07 Å². The van der Waals surface area contributed by atoms with Gasteiger partial charge in [-0.1, -0.05) is 40.2 Å². The zero-order valence-electron chi connectivity index (χ0n) is 14.7. The average molecular weight is 437 g/mol. The third-order valence-electron chi connectivity index (χ3n) is 3.69. The van der Waals surface area contributed by atoms with E-state index in [4.69, 9.17) is 20.8 Å². The fourth-order valence-electron chi connectivity index (χ4n) is 2.64. The molecule has 0 aliphatic heterocycles. The second-order valence-corrected chi connectivity index (χ2v) is 7.79. The van der Waals surface area contributed by atoms with Crippen molar-refractivity contribution in [3.05, 3.63) is 53.2 Å². The van der Waals surface area contributed by atoms with Crippen molar-refractivity contribution < 1.29 is 13.9 Å². The Morgan fingerprint density at radius 3 is 2.62 bits per heavy atom. The highest BCUT2D eigenvalue weighted by Crippen LogP contribution is 2.40. The lowest BCUT2D eigenvalue weighted by atomic mass is 10.0. The molecule has 0 radical (unpaired) electrons. The van der Waals surface area contributed by atoms with E-state index in [2.05, 4.69) is 21.2 Å². The molecule has 1 heterocycles. The first-order valence-electron chi connectivity index (χ1n) is 8.15. The highest BCUT2D eigenvalue weighted by atomic mass is 79.9. The van der Waals surface area contributed by atoms with Crippen LogP contribution in [0.1, 0.15) is 26.3 Å². The van der Waals surface area contributed by atoms with E-state index >= 15 is 0 Å². The summed E-state index contributed by atoms with van der Waals surface area (Å²) in [4.78, 5) is 12.2. The van der Waals surface area contributed by atoms with E-state index in [0.717, 1.165) is 27.2 Å². The molecule has 0 spiro atoms. The lowest BCUT2D eigenvalue weighted by molar-refractivity contribution is 0.0636. The third-order valence-corrected chi connectivity index (χ3v) is 4.62. The lowest BCUT2D eigenvalue weighted by Gasteiger charge is -2.20. The Bertz CT molecular complexity index is 959. The monoisotopic (exact) mass is 435 g/mol. The lowest BCUT2D eigenvalue weighted by Crippen LogP contribution is -2.27. The fraction of sp³-hybridized carbons (Fsp3) is 0.250. The zero-order chi connectivity index (χ0) is 18.9. The van der Waals surface area contributed by atoms with Crippen LogP contribution in [0.25, 0.3) is 22.1 Å². The predicted molar refractivity (Wildman–Crippen MR) is 109 cm³/mol. The van der Waals surface area contributed by atoms with Gasteiger partial charge in [0.25, 0.3) is 0 Å². The number of nitrogens with one attached hydrogen (secondary N) is 1. The van der Waals surface area contributed by atoms with E-state index < -0.39 is 11.7 Å². The van der Waals surface area contributed by atoms with Crippen LogP contribution in [-0.2, 0) is 10.1 Å². The number of anilines is 1. The quantitative estimate of drug-likeness (QED) is 0.450. The van der Waals surface area contributed by atoms with Gasteiger partial charge in [0.2, 0.25) is 5.22 Å². The van der Waals surface area contributed by atoms with Crippen LogP contribution in [0.3, 0.4) is 0 Å². The molecule has 4 nitrogen and oxygen atoms in total. The van der Waals surface area contributed by atoms with Gasteiger partial charge in [-0.3, -0.25) is 5.32 Å². The van der Waals surface area contributed by atoms with Crippen molar-refractivity contribution in [2.45, 2.75) is 31.7 Å². The number of fused-ring (bicyclic) bond motifs is 1. The zero-order valence-corrected chi connectivity index (χ0v) is 17.1. The van der Waals surface area contributed by atoms with Crippen molar-refractivity contribution in [1.82, 2.24) is 0 Å². The van der Waals surface area contributed by atoms with E-state index in [1.807, 2.05) is 57.2 Å². The minimum absolute atomic E-state index is 0.324. The Hall–Kier alpha value is -1.98. The second kappa shape index (κ2) is 7.33. The van der Waals surface area contributed by atoms with Crippen LogP contribution in [0.15, 0.2) is 46.9 Å². The minimum Gasteiger partial charge on any atom is -0.444 e. The van der Waals surface area contributed by atoms with Crippen LogP contribution in [-0.4, -0.2) is 11.7 Å². The van der Waals surface area contributed by atoms with Gasteiger partial charge >= 0.3 is 6.09 Å². The Balaban J connectivity index is 2.03. The highest BCUT2D eigenvalue weighted by Gasteiger charge is 2.20. The molecule has 3 rings (SSSR count). The Morgan fingerprint density at radius 2 is 1.92 bits per heavy atom. The molecule has 3 aromatic rings. The topological polar surface area (TPSA) is 51.5 Å². The first-order valence-corrected chi connectivity index (χ1v) is 9.65. The van der Waals surface area contributed by atoms with Crippen LogP contribution >= 0.6 is 27.5 Å².